The van der Waals surface area contributed by atoms with Gasteiger partial charge in [-0.3, -0.25) is 24.3 Å². The standard InChI is InChI=1S/C27H23F6N5O/c1-15-12-36-22-11-18(16-4-6-17(7-5-16)19-13-34-10-8-20(19)26(28,29)30)25(39)38(24(22)37-15)14-23-21(27(31,32)33)3-2-9-35-23/h2-3,8-13,16-17H,4-7,14H2,1H3/t16-,17-. The molecular weight excluding hydrogens is 524 g/mol. The Labute approximate surface area is 218 Å². The van der Waals surface area contributed by atoms with E-state index in [1.165, 1.54) is 24.7 Å². The van der Waals surface area contributed by atoms with Gasteiger partial charge in [-0.15, -0.1) is 0 Å². The zero-order valence-electron chi connectivity index (χ0n) is 20.7. The van der Waals surface area contributed by atoms with E-state index in [1.807, 2.05) is 0 Å². The molecule has 0 unspecified atom stereocenters. The molecule has 39 heavy (non-hydrogen) atoms. The van der Waals surface area contributed by atoms with E-state index in [4.69, 9.17) is 0 Å². The van der Waals surface area contributed by atoms with Crippen molar-refractivity contribution in [3.63, 3.8) is 0 Å². The van der Waals surface area contributed by atoms with Gasteiger partial charge in [-0.2, -0.15) is 26.3 Å². The maximum absolute atomic E-state index is 13.7. The molecule has 5 rings (SSSR count). The molecule has 0 radical (unpaired) electrons. The predicted octanol–water partition coefficient (Wildman–Crippen LogP) is 6.42. The summed E-state index contributed by atoms with van der Waals surface area (Å²) in [5.74, 6) is -0.677. The van der Waals surface area contributed by atoms with Crippen molar-refractivity contribution in [3.05, 3.63) is 93.0 Å². The average molecular weight is 548 g/mol. The largest absolute Gasteiger partial charge is 0.418 e. The number of rotatable bonds is 4. The van der Waals surface area contributed by atoms with Crippen LogP contribution < -0.4 is 5.56 Å². The van der Waals surface area contributed by atoms with Crippen LogP contribution in [-0.4, -0.2) is 24.5 Å². The molecule has 0 atom stereocenters. The number of halogens is 6. The van der Waals surface area contributed by atoms with E-state index in [2.05, 4.69) is 19.9 Å². The van der Waals surface area contributed by atoms with Gasteiger partial charge in [0.1, 0.15) is 5.52 Å². The first kappa shape index (κ1) is 26.8. The van der Waals surface area contributed by atoms with Gasteiger partial charge in [0.15, 0.2) is 5.65 Å². The Morgan fingerprint density at radius 1 is 0.872 bits per heavy atom. The van der Waals surface area contributed by atoms with E-state index >= 15 is 0 Å². The van der Waals surface area contributed by atoms with Gasteiger partial charge in [0, 0.05) is 30.4 Å². The highest BCUT2D eigenvalue weighted by Crippen LogP contribution is 2.44. The van der Waals surface area contributed by atoms with Gasteiger partial charge in [0.2, 0.25) is 0 Å². The molecule has 0 amide bonds. The van der Waals surface area contributed by atoms with Crippen LogP contribution in [0, 0.1) is 6.92 Å². The molecule has 1 saturated carbocycles. The Balaban J connectivity index is 1.51. The van der Waals surface area contributed by atoms with Gasteiger partial charge < -0.3 is 0 Å². The summed E-state index contributed by atoms with van der Waals surface area (Å²) in [6, 6.07) is 4.65. The van der Waals surface area contributed by atoms with Crippen LogP contribution in [0.2, 0.25) is 0 Å². The van der Waals surface area contributed by atoms with Crippen molar-refractivity contribution >= 4 is 11.2 Å². The minimum Gasteiger partial charge on any atom is -0.285 e. The Hall–Kier alpha value is -3.83. The second-order valence-corrected chi connectivity index (χ2v) is 9.72. The number of hydrogen-bond donors (Lipinski definition) is 0. The molecule has 0 N–H and O–H groups in total. The molecule has 1 aliphatic rings. The Morgan fingerprint density at radius 3 is 2.21 bits per heavy atom. The van der Waals surface area contributed by atoms with Crippen molar-refractivity contribution in [3.8, 4) is 0 Å². The molecule has 0 bridgehead atoms. The summed E-state index contributed by atoms with van der Waals surface area (Å²) in [4.78, 5) is 30.2. The quantitative estimate of drug-likeness (QED) is 0.276. The monoisotopic (exact) mass is 547 g/mol. The fourth-order valence-electron chi connectivity index (χ4n) is 5.35. The molecule has 6 nitrogen and oxygen atoms in total. The summed E-state index contributed by atoms with van der Waals surface area (Å²) >= 11 is 0. The van der Waals surface area contributed by atoms with Gasteiger partial charge in [0.05, 0.1) is 29.1 Å². The molecule has 4 aromatic heterocycles. The van der Waals surface area contributed by atoms with Crippen molar-refractivity contribution < 1.29 is 26.3 Å². The smallest absolute Gasteiger partial charge is 0.285 e. The van der Waals surface area contributed by atoms with Crippen LogP contribution in [-0.2, 0) is 18.9 Å². The zero-order chi connectivity index (χ0) is 27.9. The van der Waals surface area contributed by atoms with Crippen LogP contribution in [0.3, 0.4) is 0 Å². The summed E-state index contributed by atoms with van der Waals surface area (Å²) in [6.45, 7) is 1.20. The highest BCUT2D eigenvalue weighted by atomic mass is 19.4. The summed E-state index contributed by atoms with van der Waals surface area (Å²) in [5, 5.41) is 0. The molecule has 0 saturated heterocycles. The van der Waals surface area contributed by atoms with Crippen molar-refractivity contribution in [1.82, 2.24) is 24.5 Å². The summed E-state index contributed by atoms with van der Waals surface area (Å²) in [7, 11) is 0. The maximum Gasteiger partial charge on any atom is 0.418 e. The van der Waals surface area contributed by atoms with Crippen LogP contribution in [0.1, 0.15) is 71.2 Å². The molecule has 204 valence electrons. The first-order valence-electron chi connectivity index (χ1n) is 12.3. The second kappa shape index (κ2) is 10.0. The molecular formula is C27H23F6N5O. The third-order valence-electron chi connectivity index (χ3n) is 7.21. The van der Waals surface area contributed by atoms with Crippen molar-refractivity contribution in [2.24, 2.45) is 0 Å². The van der Waals surface area contributed by atoms with Gasteiger partial charge in [-0.1, -0.05) is 0 Å². The number of pyridine rings is 3. The number of alkyl halides is 6. The lowest BCUT2D eigenvalue weighted by Gasteiger charge is -2.30. The molecule has 4 aromatic rings. The van der Waals surface area contributed by atoms with Gasteiger partial charge in [-0.05, 0) is 74.3 Å². The minimum absolute atomic E-state index is 0.135. The summed E-state index contributed by atoms with van der Waals surface area (Å²) < 4.78 is 82.7. The number of nitrogens with zero attached hydrogens (tertiary/aromatic N) is 5. The molecule has 1 aliphatic carbocycles. The average Bonchev–Trinajstić information content (AvgIpc) is 2.90. The highest BCUT2D eigenvalue weighted by Gasteiger charge is 2.37. The van der Waals surface area contributed by atoms with E-state index < -0.39 is 35.6 Å². The van der Waals surface area contributed by atoms with Crippen LogP contribution >= 0.6 is 0 Å². The lowest BCUT2D eigenvalue weighted by molar-refractivity contribution is -0.139. The third-order valence-corrected chi connectivity index (χ3v) is 7.21. The SMILES string of the molecule is Cc1cnc2cc([C@H]3CC[C@H](c4cnccc4C(F)(F)F)CC3)c(=O)n(Cc3ncccc3C(F)(F)F)c2n1. The topological polar surface area (TPSA) is 73.6 Å². The van der Waals surface area contributed by atoms with Gasteiger partial charge in [-0.25, -0.2) is 4.98 Å². The maximum atomic E-state index is 13.7. The zero-order valence-corrected chi connectivity index (χ0v) is 20.7. The minimum atomic E-state index is -4.66. The third kappa shape index (κ3) is 5.37. The normalized spacial score (nSPS) is 18.4. The van der Waals surface area contributed by atoms with Crippen LogP contribution in [0.5, 0.6) is 0 Å². The van der Waals surface area contributed by atoms with Gasteiger partial charge in [0.25, 0.3) is 5.56 Å². The molecule has 4 heterocycles. The van der Waals surface area contributed by atoms with E-state index in [9.17, 15) is 31.1 Å². The van der Waals surface area contributed by atoms with Crippen LogP contribution in [0.25, 0.3) is 11.2 Å². The van der Waals surface area contributed by atoms with E-state index in [-0.39, 0.29) is 28.7 Å². The number of fused-ring (bicyclic) bond motifs is 1. The Bertz CT molecular complexity index is 1570. The molecule has 0 aromatic carbocycles. The first-order valence-corrected chi connectivity index (χ1v) is 12.3. The molecule has 0 spiro atoms. The van der Waals surface area contributed by atoms with E-state index in [0.29, 0.717) is 42.5 Å². The van der Waals surface area contributed by atoms with Crippen molar-refractivity contribution in [1.29, 1.82) is 0 Å². The predicted molar refractivity (Wildman–Crippen MR) is 130 cm³/mol. The molecule has 1 fully saturated rings. The fraction of sp³-hybridized carbons (Fsp3) is 0.370. The van der Waals surface area contributed by atoms with Crippen molar-refractivity contribution in [2.75, 3.05) is 0 Å². The first-order chi connectivity index (χ1) is 18.4. The lowest BCUT2D eigenvalue weighted by atomic mass is 9.75. The number of aryl methyl sites for hydroxylation is 1. The highest BCUT2D eigenvalue weighted by molar-refractivity contribution is 5.71. The fourth-order valence-corrected chi connectivity index (χ4v) is 5.35. The van der Waals surface area contributed by atoms with Crippen LogP contribution in [0.4, 0.5) is 26.3 Å². The lowest BCUT2D eigenvalue weighted by Crippen LogP contribution is -2.29. The second-order valence-electron chi connectivity index (χ2n) is 9.72. The molecule has 0 aliphatic heterocycles. The van der Waals surface area contributed by atoms with E-state index in [1.54, 1.807) is 13.0 Å². The number of aromatic nitrogens is 5. The summed E-state index contributed by atoms with van der Waals surface area (Å²) in [5.41, 5.74) is -1.05. The molecule has 12 heteroatoms. The summed E-state index contributed by atoms with van der Waals surface area (Å²) in [6.07, 6.45) is -2.43. The number of hydrogen-bond acceptors (Lipinski definition) is 5. The van der Waals surface area contributed by atoms with Crippen LogP contribution in [0.15, 0.2) is 53.8 Å². The van der Waals surface area contributed by atoms with Gasteiger partial charge >= 0.3 is 12.4 Å². The Kier molecular flexibility index (Phi) is 6.90. The van der Waals surface area contributed by atoms with Crippen molar-refractivity contribution in [2.45, 2.75) is 63.3 Å². The van der Waals surface area contributed by atoms with E-state index in [0.717, 1.165) is 22.9 Å². The Morgan fingerprint density at radius 2 is 1.54 bits per heavy atom.